The van der Waals surface area contributed by atoms with Crippen molar-refractivity contribution in [2.45, 2.75) is 46.2 Å². The van der Waals surface area contributed by atoms with Crippen LogP contribution < -0.4 is 19.5 Å². The van der Waals surface area contributed by atoms with Gasteiger partial charge in [-0.05, 0) is 38.8 Å². The summed E-state index contributed by atoms with van der Waals surface area (Å²) in [7, 11) is -0.331. The molecule has 3 aromatic rings. The molecular weight excluding hydrogens is 665 g/mol. The van der Waals surface area contributed by atoms with Gasteiger partial charge in [0.05, 0.1) is 32.1 Å². The van der Waals surface area contributed by atoms with E-state index in [0.29, 0.717) is 47.0 Å². The second-order valence-electron chi connectivity index (χ2n) is 11.1. The van der Waals surface area contributed by atoms with Gasteiger partial charge >= 0.3 is 12.1 Å². The first-order chi connectivity index (χ1) is 23.2. The van der Waals surface area contributed by atoms with Gasteiger partial charge in [-0.15, -0.1) is 0 Å². The number of halogens is 3. The largest absolute Gasteiger partial charge is 0.497 e. The Labute approximate surface area is 283 Å². The minimum Gasteiger partial charge on any atom is -0.497 e. The molecule has 0 bridgehead atoms. The molecule has 0 atom stereocenters. The van der Waals surface area contributed by atoms with Crippen LogP contribution in [0.25, 0.3) is 11.4 Å². The molecule has 15 heteroatoms. The number of rotatable bonds is 12. The molecule has 264 valence electrons. The second-order valence-corrected chi connectivity index (χ2v) is 13.3. The van der Waals surface area contributed by atoms with Gasteiger partial charge in [-0.2, -0.15) is 13.2 Å². The van der Waals surface area contributed by atoms with Gasteiger partial charge in [0.1, 0.15) is 35.3 Å². The van der Waals surface area contributed by atoms with E-state index in [1.165, 1.54) is 31.0 Å². The SMILES string of the molecule is CCOC(=O)c1cc(C2=C(n3c(C)cc(C(F)(F)F)c3CC)N=C(Nc3cc(OC)cc(OC)c3)CCC=C2)cnc1OCCS(C)(=O)=O. The number of carbonyl (C=O) groups excluding carboxylic acids is 1. The van der Waals surface area contributed by atoms with E-state index < -0.39 is 27.5 Å². The van der Waals surface area contributed by atoms with Crippen LogP contribution in [0.2, 0.25) is 0 Å². The van der Waals surface area contributed by atoms with E-state index in [0.717, 1.165) is 12.3 Å². The van der Waals surface area contributed by atoms with Gasteiger partial charge in [-0.1, -0.05) is 19.1 Å². The monoisotopic (exact) mass is 704 g/mol. The summed E-state index contributed by atoms with van der Waals surface area (Å²) in [4.78, 5) is 22.4. The highest BCUT2D eigenvalue weighted by atomic mass is 32.2. The number of aliphatic imine (C=N–C) groups is 1. The third-order valence-corrected chi connectivity index (χ3v) is 8.35. The lowest BCUT2D eigenvalue weighted by Crippen LogP contribution is -2.17. The van der Waals surface area contributed by atoms with Crippen LogP contribution in [0, 0.1) is 6.92 Å². The lowest BCUT2D eigenvalue weighted by atomic mass is 10.0. The number of nitrogens with one attached hydrogen (secondary N) is 1. The first-order valence-electron chi connectivity index (χ1n) is 15.4. The Morgan fingerprint density at radius 3 is 2.35 bits per heavy atom. The number of benzene rings is 1. The average Bonchev–Trinajstić information content (AvgIpc) is 3.38. The second kappa shape index (κ2) is 15.6. The van der Waals surface area contributed by atoms with Crippen molar-refractivity contribution in [3.05, 3.63) is 76.8 Å². The molecule has 0 unspecified atom stereocenters. The van der Waals surface area contributed by atoms with Crippen LogP contribution >= 0.6 is 0 Å². The predicted molar refractivity (Wildman–Crippen MR) is 181 cm³/mol. The van der Waals surface area contributed by atoms with E-state index in [1.54, 1.807) is 45.0 Å². The number of aryl methyl sites for hydroxylation is 1. The third kappa shape index (κ3) is 9.22. The van der Waals surface area contributed by atoms with E-state index in [9.17, 15) is 26.4 Å². The molecule has 3 heterocycles. The molecule has 0 fully saturated rings. The summed E-state index contributed by atoms with van der Waals surface area (Å²) >= 11 is 0. The Morgan fingerprint density at radius 1 is 1.06 bits per heavy atom. The highest BCUT2D eigenvalue weighted by Crippen LogP contribution is 2.39. The number of alkyl halides is 3. The van der Waals surface area contributed by atoms with E-state index in [4.69, 9.17) is 23.9 Å². The molecule has 0 saturated heterocycles. The molecule has 0 saturated carbocycles. The maximum absolute atomic E-state index is 14.3. The molecule has 0 aliphatic carbocycles. The summed E-state index contributed by atoms with van der Waals surface area (Å²) in [6.45, 7) is 4.60. The number of aromatic nitrogens is 2. The molecule has 2 aromatic heterocycles. The van der Waals surface area contributed by atoms with Gasteiger partial charge in [0.15, 0.2) is 9.84 Å². The van der Waals surface area contributed by atoms with Crippen molar-refractivity contribution in [1.29, 1.82) is 0 Å². The number of ether oxygens (including phenoxy) is 4. The Balaban J connectivity index is 1.99. The average molecular weight is 705 g/mol. The van der Waals surface area contributed by atoms with E-state index in [1.807, 2.05) is 6.08 Å². The summed E-state index contributed by atoms with van der Waals surface area (Å²) in [5.74, 6) is 0.402. The predicted octanol–water partition coefficient (Wildman–Crippen LogP) is 6.58. The first kappa shape index (κ1) is 37.0. The van der Waals surface area contributed by atoms with Crippen LogP contribution in [-0.2, 0) is 27.2 Å². The van der Waals surface area contributed by atoms with Crippen molar-refractivity contribution in [1.82, 2.24) is 9.55 Å². The number of esters is 1. The first-order valence-corrected chi connectivity index (χ1v) is 17.5. The molecule has 1 N–H and O–H groups in total. The van der Waals surface area contributed by atoms with Crippen molar-refractivity contribution < 1.29 is 45.3 Å². The van der Waals surface area contributed by atoms with Crippen molar-refractivity contribution in [3.63, 3.8) is 0 Å². The zero-order valence-corrected chi connectivity index (χ0v) is 28.9. The molecule has 0 amide bonds. The fourth-order valence-corrected chi connectivity index (χ4v) is 5.60. The number of hydrogen-bond donors (Lipinski definition) is 1. The number of anilines is 1. The summed E-state index contributed by atoms with van der Waals surface area (Å²) < 4.78 is 89.3. The van der Waals surface area contributed by atoms with Gasteiger partial charge in [0.25, 0.3) is 0 Å². The number of allylic oxidation sites excluding steroid dienone is 3. The van der Waals surface area contributed by atoms with Crippen LogP contribution in [0.1, 0.15) is 59.6 Å². The number of pyridine rings is 1. The zero-order chi connectivity index (χ0) is 35.9. The van der Waals surface area contributed by atoms with Crippen LogP contribution in [-0.4, -0.2) is 69.2 Å². The number of hydrogen-bond acceptors (Lipinski definition) is 10. The Bertz CT molecular complexity index is 1880. The smallest absolute Gasteiger partial charge is 0.418 e. The molecule has 49 heavy (non-hydrogen) atoms. The maximum atomic E-state index is 14.3. The lowest BCUT2D eigenvalue weighted by Gasteiger charge is -2.21. The van der Waals surface area contributed by atoms with Crippen LogP contribution in [0.5, 0.6) is 17.4 Å². The number of methoxy groups -OCH3 is 2. The van der Waals surface area contributed by atoms with Crippen molar-refractivity contribution in [2.24, 2.45) is 4.99 Å². The molecule has 1 aliphatic rings. The maximum Gasteiger partial charge on any atom is 0.418 e. The third-order valence-electron chi connectivity index (χ3n) is 7.44. The van der Waals surface area contributed by atoms with Crippen LogP contribution in [0.3, 0.4) is 0 Å². The molecule has 1 aliphatic heterocycles. The topological polar surface area (TPSA) is 130 Å². The standard InChI is InChI=1S/C34H39F3N4O7S/c1-7-29-28(34(35,36)37)15-21(3)41(29)31-26(11-9-10-12-30(40-31)39-23-17-24(45-4)19-25(18-23)46-5)22-16-27(33(42)47-8-2)32(38-20-22)48-13-14-49(6,43)44/h9,11,15-20H,7-8,10,12-14H2,1-6H3,(H,39,40). The van der Waals surface area contributed by atoms with Gasteiger partial charge < -0.3 is 28.8 Å². The molecule has 0 radical (unpaired) electrons. The molecule has 1 aromatic carbocycles. The van der Waals surface area contributed by atoms with Gasteiger partial charge in [-0.25, -0.2) is 23.2 Å². The minimum absolute atomic E-state index is 0.00285. The number of nitrogens with zero attached hydrogens (tertiary/aromatic N) is 3. The van der Waals surface area contributed by atoms with E-state index in [2.05, 4.69) is 10.3 Å². The Hall–Kier alpha value is -4.79. The normalized spacial score (nSPS) is 13.8. The highest BCUT2D eigenvalue weighted by molar-refractivity contribution is 7.90. The van der Waals surface area contributed by atoms with Gasteiger partial charge in [-0.3, -0.25) is 0 Å². The number of carbonyl (C=O) groups is 1. The molecule has 4 rings (SSSR count). The van der Waals surface area contributed by atoms with Gasteiger partial charge in [0, 0.05) is 65.3 Å². The fourth-order valence-electron chi connectivity index (χ4n) is 5.21. The summed E-state index contributed by atoms with van der Waals surface area (Å²) in [6, 6.07) is 7.72. The highest BCUT2D eigenvalue weighted by Gasteiger charge is 2.36. The quantitative estimate of drug-likeness (QED) is 0.208. The zero-order valence-electron chi connectivity index (χ0n) is 28.1. The number of amidine groups is 1. The summed E-state index contributed by atoms with van der Waals surface area (Å²) in [5.41, 5.74) is 0.697. The van der Waals surface area contributed by atoms with Crippen molar-refractivity contribution in [3.8, 4) is 17.4 Å². The van der Waals surface area contributed by atoms with Crippen molar-refractivity contribution >= 4 is 38.7 Å². The van der Waals surface area contributed by atoms with Crippen LogP contribution in [0.15, 0.2) is 53.7 Å². The molecule has 0 spiro atoms. The minimum atomic E-state index is -4.62. The summed E-state index contributed by atoms with van der Waals surface area (Å²) in [5, 5.41) is 3.28. The Kier molecular flexibility index (Phi) is 11.8. The fraction of sp³-hybridized carbons (Fsp3) is 0.382. The van der Waals surface area contributed by atoms with Gasteiger partial charge in [0.2, 0.25) is 5.88 Å². The van der Waals surface area contributed by atoms with E-state index in [-0.39, 0.29) is 54.0 Å². The van der Waals surface area contributed by atoms with E-state index >= 15 is 0 Å². The molecule has 11 nitrogen and oxygen atoms in total. The summed E-state index contributed by atoms with van der Waals surface area (Å²) in [6.07, 6.45) is 2.36. The Morgan fingerprint density at radius 2 is 1.76 bits per heavy atom. The van der Waals surface area contributed by atoms with Crippen molar-refractivity contribution in [2.75, 3.05) is 44.8 Å². The molecular formula is C34H39F3N4O7S. The lowest BCUT2D eigenvalue weighted by molar-refractivity contribution is -0.138. The number of sulfone groups is 1. The van der Waals surface area contributed by atoms with Crippen LogP contribution in [0.4, 0.5) is 18.9 Å².